The van der Waals surface area contributed by atoms with Crippen LogP contribution < -0.4 is 5.32 Å². The highest BCUT2D eigenvalue weighted by molar-refractivity contribution is 5.76. The summed E-state index contributed by atoms with van der Waals surface area (Å²) >= 11 is 0. The molecule has 7 unspecified atom stereocenters. The zero-order valence-corrected chi connectivity index (χ0v) is 47.1. The maximum absolute atomic E-state index is 13.0. The van der Waals surface area contributed by atoms with Gasteiger partial charge in [0.1, 0.15) is 24.4 Å². The summed E-state index contributed by atoms with van der Waals surface area (Å²) in [7, 11) is 0. The van der Waals surface area contributed by atoms with Crippen LogP contribution >= 0.6 is 0 Å². The fourth-order valence-electron chi connectivity index (χ4n) is 9.49. The zero-order valence-electron chi connectivity index (χ0n) is 47.1. The number of amides is 1. The van der Waals surface area contributed by atoms with Gasteiger partial charge >= 0.3 is 0 Å². The molecule has 424 valence electrons. The molecule has 1 amide bonds. The third kappa shape index (κ3) is 42.4. The largest absolute Gasteiger partial charge is 0.394 e. The molecule has 1 aliphatic rings. The number of nitrogens with one attached hydrogen (secondary N) is 1. The summed E-state index contributed by atoms with van der Waals surface area (Å²) in [4.78, 5) is 13.0. The number of ether oxygens (including phenoxy) is 2. The van der Waals surface area contributed by atoms with Crippen molar-refractivity contribution in [3.05, 3.63) is 72.9 Å². The maximum atomic E-state index is 13.0. The summed E-state index contributed by atoms with van der Waals surface area (Å²) in [6.07, 6.45) is 67.2. The van der Waals surface area contributed by atoms with E-state index in [-0.39, 0.29) is 18.9 Å². The highest BCUT2D eigenvalue weighted by atomic mass is 16.7. The summed E-state index contributed by atoms with van der Waals surface area (Å²) in [5.74, 6) is -0.233. The summed E-state index contributed by atoms with van der Waals surface area (Å²) in [5, 5.41) is 54.5. The lowest BCUT2D eigenvalue weighted by molar-refractivity contribution is -0.302. The first-order valence-corrected chi connectivity index (χ1v) is 30.7. The number of unbranched alkanes of at least 4 members (excludes halogenated alkanes) is 32. The van der Waals surface area contributed by atoms with Gasteiger partial charge in [0, 0.05) is 6.42 Å². The van der Waals surface area contributed by atoms with E-state index >= 15 is 0 Å². The Morgan fingerprint density at radius 3 is 1.25 bits per heavy atom. The van der Waals surface area contributed by atoms with Gasteiger partial charge in [-0.3, -0.25) is 4.79 Å². The molecule has 7 atom stereocenters. The summed E-state index contributed by atoms with van der Waals surface area (Å²) < 4.78 is 11.2. The molecule has 0 aromatic rings. The second-order valence-electron chi connectivity index (χ2n) is 21.1. The molecule has 0 saturated carbocycles. The molecule has 1 aliphatic heterocycles. The number of hydrogen-bond donors (Lipinski definition) is 6. The van der Waals surface area contributed by atoms with Crippen molar-refractivity contribution < 1.29 is 39.8 Å². The molecule has 73 heavy (non-hydrogen) atoms. The number of aliphatic hydroxyl groups is 5. The van der Waals surface area contributed by atoms with Crippen molar-refractivity contribution in [2.75, 3.05) is 13.2 Å². The van der Waals surface area contributed by atoms with E-state index in [4.69, 9.17) is 9.47 Å². The maximum Gasteiger partial charge on any atom is 0.220 e. The van der Waals surface area contributed by atoms with Gasteiger partial charge in [0.15, 0.2) is 6.29 Å². The van der Waals surface area contributed by atoms with E-state index in [0.29, 0.717) is 6.42 Å². The SMILES string of the molecule is CC/C=C\C/C=C\C/C=C\C/C=C\C/C=C\CCCC(=O)NC(COC1OC(CO)C(O)C(O)C1O)C(O)/C=C/CCCCCCCCCCCCCCCCCCCCCCCCCCCCCCCCC. The van der Waals surface area contributed by atoms with E-state index in [1.807, 2.05) is 6.08 Å². The van der Waals surface area contributed by atoms with Crippen LogP contribution in [0.25, 0.3) is 0 Å². The number of hydrogen-bond acceptors (Lipinski definition) is 8. The van der Waals surface area contributed by atoms with Crippen LogP contribution in [0.15, 0.2) is 72.9 Å². The minimum Gasteiger partial charge on any atom is -0.394 e. The van der Waals surface area contributed by atoms with Crippen molar-refractivity contribution in [3.8, 4) is 0 Å². The first kappa shape index (κ1) is 68.6. The topological polar surface area (TPSA) is 149 Å². The van der Waals surface area contributed by atoms with Crippen LogP contribution in [0, 0.1) is 0 Å². The molecule has 1 fully saturated rings. The first-order chi connectivity index (χ1) is 35.8. The van der Waals surface area contributed by atoms with Gasteiger partial charge in [0.05, 0.1) is 25.4 Å². The summed E-state index contributed by atoms with van der Waals surface area (Å²) in [5.41, 5.74) is 0. The Morgan fingerprint density at radius 2 is 0.849 bits per heavy atom. The predicted octanol–water partition coefficient (Wildman–Crippen LogP) is 15.6. The van der Waals surface area contributed by atoms with Crippen LogP contribution in [0.2, 0.25) is 0 Å². The molecule has 9 heteroatoms. The lowest BCUT2D eigenvalue weighted by atomic mass is 9.99. The zero-order chi connectivity index (χ0) is 52.9. The summed E-state index contributed by atoms with van der Waals surface area (Å²) in [6.45, 7) is 3.65. The molecule has 0 bridgehead atoms. The van der Waals surface area contributed by atoms with Crippen molar-refractivity contribution in [1.82, 2.24) is 5.32 Å². The Hall–Kier alpha value is -2.37. The predicted molar refractivity (Wildman–Crippen MR) is 309 cm³/mol. The van der Waals surface area contributed by atoms with Gasteiger partial charge < -0.3 is 40.3 Å². The monoisotopic (exact) mass is 1030 g/mol. The molecule has 1 heterocycles. The quantitative estimate of drug-likeness (QED) is 0.0261. The van der Waals surface area contributed by atoms with Gasteiger partial charge in [0.2, 0.25) is 5.91 Å². The van der Waals surface area contributed by atoms with E-state index in [1.165, 1.54) is 186 Å². The second-order valence-corrected chi connectivity index (χ2v) is 21.1. The lowest BCUT2D eigenvalue weighted by Crippen LogP contribution is -2.60. The van der Waals surface area contributed by atoms with Crippen molar-refractivity contribution in [1.29, 1.82) is 0 Å². The van der Waals surface area contributed by atoms with Crippen molar-refractivity contribution in [2.24, 2.45) is 0 Å². The van der Waals surface area contributed by atoms with Gasteiger partial charge in [-0.05, 0) is 57.8 Å². The van der Waals surface area contributed by atoms with Gasteiger partial charge in [-0.15, -0.1) is 0 Å². The van der Waals surface area contributed by atoms with Crippen LogP contribution in [0.4, 0.5) is 0 Å². The number of rotatable bonds is 52. The van der Waals surface area contributed by atoms with Crippen LogP contribution in [0.5, 0.6) is 0 Å². The van der Waals surface area contributed by atoms with E-state index in [2.05, 4.69) is 79.9 Å². The molecule has 1 rings (SSSR count). The van der Waals surface area contributed by atoms with E-state index in [9.17, 15) is 30.3 Å². The van der Waals surface area contributed by atoms with Gasteiger partial charge in [-0.1, -0.05) is 279 Å². The van der Waals surface area contributed by atoms with Crippen LogP contribution in [-0.4, -0.2) is 87.5 Å². The molecule has 0 aromatic heterocycles. The average Bonchev–Trinajstić information content (AvgIpc) is 3.39. The van der Waals surface area contributed by atoms with Crippen molar-refractivity contribution >= 4 is 5.91 Å². The second kappa shape index (κ2) is 53.0. The van der Waals surface area contributed by atoms with Gasteiger partial charge in [-0.25, -0.2) is 0 Å². The minimum absolute atomic E-state index is 0.214. The average molecular weight is 1030 g/mol. The van der Waals surface area contributed by atoms with E-state index in [1.54, 1.807) is 6.08 Å². The Bertz CT molecular complexity index is 1380. The van der Waals surface area contributed by atoms with E-state index in [0.717, 1.165) is 57.8 Å². The van der Waals surface area contributed by atoms with E-state index < -0.39 is 49.5 Å². The Kier molecular flexibility index (Phi) is 49.9. The van der Waals surface area contributed by atoms with Crippen LogP contribution in [0.3, 0.4) is 0 Å². The fourth-order valence-corrected chi connectivity index (χ4v) is 9.49. The molecule has 0 aliphatic carbocycles. The third-order valence-electron chi connectivity index (χ3n) is 14.3. The molecule has 0 spiro atoms. The lowest BCUT2D eigenvalue weighted by Gasteiger charge is -2.40. The molecular weight excluding hydrogens is 911 g/mol. The Balaban J connectivity index is 2.17. The van der Waals surface area contributed by atoms with Gasteiger partial charge in [-0.2, -0.15) is 0 Å². The normalized spacial score (nSPS) is 19.6. The fraction of sp³-hybridized carbons (Fsp3) is 0.797. The third-order valence-corrected chi connectivity index (χ3v) is 14.3. The van der Waals surface area contributed by atoms with Crippen molar-refractivity contribution in [3.63, 3.8) is 0 Å². The number of carbonyl (C=O) groups excluding carboxylic acids is 1. The Labute approximate surface area is 448 Å². The van der Waals surface area contributed by atoms with Crippen LogP contribution in [0.1, 0.15) is 271 Å². The number of allylic oxidation sites excluding steroid dienone is 11. The minimum atomic E-state index is -1.58. The molecule has 6 N–H and O–H groups in total. The molecule has 0 radical (unpaired) electrons. The number of aliphatic hydroxyl groups excluding tert-OH is 5. The standard InChI is InChI=1S/C64H115NO8/c1-3-5-7-9-11-13-15-17-19-21-22-23-24-25-26-27-28-29-30-31-32-33-34-35-36-38-39-41-43-45-47-49-51-53-58(67)57(56-72-64-63(71)62(70)61(69)59(55-66)73-64)65-60(68)54-52-50-48-46-44-42-40-37-20-18-16-14-12-10-8-6-4-2/h6,8,12,14,18,20,40,42,46,48,51,53,57-59,61-64,66-67,69-71H,3-5,7,9-11,13,15-17,19,21-39,41,43-45,47,49-50,52,54-56H2,1-2H3,(H,65,68)/b8-6-,14-12-,20-18-,42-40-,48-46-,53-51+. The molecule has 9 nitrogen and oxygen atoms in total. The highest BCUT2D eigenvalue weighted by Crippen LogP contribution is 2.23. The Morgan fingerprint density at radius 1 is 0.479 bits per heavy atom. The van der Waals surface area contributed by atoms with Crippen molar-refractivity contribution in [2.45, 2.75) is 314 Å². The smallest absolute Gasteiger partial charge is 0.220 e. The first-order valence-electron chi connectivity index (χ1n) is 30.7. The van der Waals surface area contributed by atoms with Gasteiger partial charge in [0.25, 0.3) is 0 Å². The molecular formula is C64H115NO8. The summed E-state index contributed by atoms with van der Waals surface area (Å²) in [6, 6.07) is -0.840. The number of carbonyl (C=O) groups is 1. The highest BCUT2D eigenvalue weighted by Gasteiger charge is 2.44. The van der Waals surface area contributed by atoms with Crippen LogP contribution in [-0.2, 0) is 14.3 Å². The molecule has 1 saturated heterocycles. The molecule has 0 aromatic carbocycles.